The molecule has 0 amide bonds. The molecule has 2 nitrogen and oxygen atoms in total. The third-order valence-corrected chi connectivity index (χ3v) is 3.63. The molecule has 0 saturated carbocycles. The van der Waals surface area contributed by atoms with Crippen LogP contribution in [0.2, 0.25) is 5.02 Å². The lowest BCUT2D eigenvalue weighted by molar-refractivity contribution is 0.0658. The number of hydrogen-bond donors (Lipinski definition) is 1. The zero-order chi connectivity index (χ0) is 12.0. The molecule has 3 rings (SSSR count). The van der Waals surface area contributed by atoms with Crippen molar-refractivity contribution in [3.8, 4) is 5.75 Å². The Hall–Kier alpha value is -1.25. The molecule has 3 heteroatoms. The molecule has 0 fully saturated rings. The van der Waals surface area contributed by atoms with Gasteiger partial charge in [-0.15, -0.1) is 0 Å². The van der Waals surface area contributed by atoms with Crippen LogP contribution in [-0.4, -0.2) is 11.2 Å². The zero-order valence-corrected chi connectivity index (χ0v) is 10.2. The Bertz CT molecular complexity index is 580. The standard InChI is InChI=1S/C14H13ClO2/c1-2-12-13(16)10-7-11(15)8-5-3-4-6-9(8)14(10)17-12/h3-7,12-13,16H,2H2,1H3. The Balaban J connectivity index is 2.29. The minimum absolute atomic E-state index is 0.160. The molecule has 2 unspecified atom stereocenters. The summed E-state index contributed by atoms with van der Waals surface area (Å²) in [6.45, 7) is 2.00. The SMILES string of the molecule is CCC1Oc2c(cc(Cl)c3ccccc23)C1O. The Morgan fingerprint density at radius 1 is 1.29 bits per heavy atom. The average molecular weight is 249 g/mol. The van der Waals surface area contributed by atoms with Gasteiger partial charge in [0.2, 0.25) is 0 Å². The maximum absolute atomic E-state index is 10.1. The van der Waals surface area contributed by atoms with E-state index in [-0.39, 0.29) is 6.10 Å². The summed E-state index contributed by atoms with van der Waals surface area (Å²) in [5, 5.41) is 12.8. The maximum atomic E-state index is 10.1. The molecule has 0 radical (unpaired) electrons. The van der Waals surface area contributed by atoms with Crippen LogP contribution in [0.5, 0.6) is 5.75 Å². The van der Waals surface area contributed by atoms with Gasteiger partial charge in [-0.3, -0.25) is 0 Å². The molecule has 0 aliphatic carbocycles. The van der Waals surface area contributed by atoms with Crippen LogP contribution in [0.1, 0.15) is 25.0 Å². The number of ether oxygens (including phenoxy) is 1. The summed E-state index contributed by atoms with van der Waals surface area (Å²) in [7, 11) is 0. The molecule has 1 aliphatic heterocycles. The molecular formula is C14H13ClO2. The molecule has 1 heterocycles. The van der Waals surface area contributed by atoms with E-state index in [2.05, 4.69) is 0 Å². The van der Waals surface area contributed by atoms with E-state index in [1.165, 1.54) is 0 Å². The van der Waals surface area contributed by atoms with E-state index in [0.717, 1.165) is 28.5 Å². The van der Waals surface area contributed by atoms with Gasteiger partial charge < -0.3 is 9.84 Å². The van der Waals surface area contributed by atoms with Crippen molar-refractivity contribution in [1.82, 2.24) is 0 Å². The van der Waals surface area contributed by atoms with Crippen LogP contribution in [0.3, 0.4) is 0 Å². The van der Waals surface area contributed by atoms with Crippen molar-refractivity contribution >= 4 is 22.4 Å². The first-order chi connectivity index (χ1) is 8.22. The Morgan fingerprint density at radius 3 is 2.71 bits per heavy atom. The number of rotatable bonds is 1. The molecule has 0 aromatic heterocycles. The molecule has 17 heavy (non-hydrogen) atoms. The molecule has 0 saturated heterocycles. The van der Waals surface area contributed by atoms with E-state index in [1.807, 2.05) is 37.3 Å². The monoisotopic (exact) mass is 248 g/mol. The van der Waals surface area contributed by atoms with Gasteiger partial charge in [-0.05, 0) is 12.5 Å². The zero-order valence-electron chi connectivity index (χ0n) is 9.48. The summed E-state index contributed by atoms with van der Waals surface area (Å²) in [6.07, 6.45) is 0.0471. The second-order valence-electron chi connectivity index (χ2n) is 4.33. The van der Waals surface area contributed by atoms with Crippen LogP contribution in [-0.2, 0) is 0 Å². The van der Waals surface area contributed by atoms with Gasteiger partial charge in [0.15, 0.2) is 0 Å². The van der Waals surface area contributed by atoms with Crippen molar-refractivity contribution in [2.24, 2.45) is 0 Å². The highest BCUT2D eigenvalue weighted by atomic mass is 35.5. The quantitative estimate of drug-likeness (QED) is 0.834. The summed E-state index contributed by atoms with van der Waals surface area (Å²) in [4.78, 5) is 0. The van der Waals surface area contributed by atoms with Crippen molar-refractivity contribution in [2.75, 3.05) is 0 Å². The van der Waals surface area contributed by atoms with Crippen LogP contribution in [0.15, 0.2) is 30.3 Å². The van der Waals surface area contributed by atoms with Gasteiger partial charge in [-0.1, -0.05) is 42.8 Å². The van der Waals surface area contributed by atoms with Crippen molar-refractivity contribution < 1.29 is 9.84 Å². The van der Waals surface area contributed by atoms with Crippen LogP contribution in [0.25, 0.3) is 10.8 Å². The summed E-state index contributed by atoms with van der Waals surface area (Å²) in [6, 6.07) is 9.66. The fourth-order valence-electron chi connectivity index (χ4n) is 2.40. The van der Waals surface area contributed by atoms with Gasteiger partial charge in [0.05, 0.1) is 0 Å². The van der Waals surface area contributed by atoms with Crippen LogP contribution in [0, 0.1) is 0 Å². The minimum Gasteiger partial charge on any atom is -0.486 e. The Kier molecular flexibility index (Phi) is 2.49. The van der Waals surface area contributed by atoms with E-state index < -0.39 is 6.10 Å². The molecule has 88 valence electrons. The van der Waals surface area contributed by atoms with E-state index >= 15 is 0 Å². The Labute approximate surface area is 105 Å². The fraction of sp³-hybridized carbons (Fsp3) is 0.286. The normalized spacial score (nSPS) is 22.5. The molecule has 0 spiro atoms. The lowest BCUT2D eigenvalue weighted by Gasteiger charge is -2.10. The summed E-state index contributed by atoms with van der Waals surface area (Å²) in [5.74, 6) is 0.782. The minimum atomic E-state index is -0.572. The lowest BCUT2D eigenvalue weighted by atomic mass is 10.0. The van der Waals surface area contributed by atoms with E-state index in [4.69, 9.17) is 16.3 Å². The third-order valence-electron chi connectivity index (χ3n) is 3.32. The third kappa shape index (κ3) is 1.52. The fourth-order valence-corrected chi connectivity index (χ4v) is 2.68. The van der Waals surface area contributed by atoms with E-state index in [1.54, 1.807) is 0 Å². The molecule has 2 aromatic rings. The van der Waals surface area contributed by atoms with Crippen LogP contribution >= 0.6 is 11.6 Å². The molecule has 2 aromatic carbocycles. The van der Waals surface area contributed by atoms with Gasteiger partial charge >= 0.3 is 0 Å². The average Bonchev–Trinajstić information content (AvgIpc) is 2.67. The van der Waals surface area contributed by atoms with Gasteiger partial charge in [-0.2, -0.15) is 0 Å². The number of halogens is 1. The topological polar surface area (TPSA) is 29.5 Å². The maximum Gasteiger partial charge on any atom is 0.133 e. The summed E-state index contributed by atoms with van der Waals surface area (Å²) < 4.78 is 5.83. The smallest absolute Gasteiger partial charge is 0.133 e. The number of aliphatic hydroxyl groups excluding tert-OH is 1. The first-order valence-corrected chi connectivity index (χ1v) is 6.16. The number of benzene rings is 2. The van der Waals surface area contributed by atoms with Crippen LogP contribution in [0.4, 0.5) is 0 Å². The summed E-state index contributed by atoms with van der Waals surface area (Å²) in [5.41, 5.74) is 0.806. The molecule has 1 N–H and O–H groups in total. The van der Waals surface area contributed by atoms with Crippen molar-refractivity contribution in [3.63, 3.8) is 0 Å². The number of hydrogen-bond acceptors (Lipinski definition) is 2. The number of aliphatic hydroxyl groups is 1. The Morgan fingerprint density at radius 2 is 2.00 bits per heavy atom. The largest absolute Gasteiger partial charge is 0.486 e. The second kappa shape index (κ2) is 3.90. The van der Waals surface area contributed by atoms with Gasteiger partial charge in [0.25, 0.3) is 0 Å². The van der Waals surface area contributed by atoms with Crippen LogP contribution < -0.4 is 4.74 Å². The first kappa shape index (κ1) is 10.9. The van der Waals surface area contributed by atoms with Gasteiger partial charge in [0.1, 0.15) is 18.0 Å². The lowest BCUT2D eigenvalue weighted by Crippen LogP contribution is -2.16. The predicted octanol–water partition coefficient (Wildman–Crippen LogP) is 3.70. The molecule has 0 bridgehead atoms. The van der Waals surface area contributed by atoms with Crippen molar-refractivity contribution in [2.45, 2.75) is 25.6 Å². The second-order valence-corrected chi connectivity index (χ2v) is 4.74. The first-order valence-electron chi connectivity index (χ1n) is 5.78. The van der Waals surface area contributed by atoms with E-state index in [9.17, 15) is 5.11 Å². The van der Waals surface area contributed by atoms with Crippen molar-refractivity contribution in [3.05, 3.63) is 40.9 Å². The summed E-state index contributed by atoms with van der Waals surface area (Å²) >= 11 is 6.23. The van der Waals surface area contributed by atoms with Gasteiger partial charge in [0, 0.05) is 21.4 Å². The van der Waals surface area contributed by atoms with E-state index in [0.29, 0.717) is 5.02 Å². The molecular weight excluding hydrogens is 236 g/mol. The molecule has 2 atom stereocenters. The number of fused-ring (bicyclic) bond motifs is 3. The molecule has 1 aliphatic rings. The highest BCUT2D eigenvalue weighted by molar-refractivity contribution is 6.36. The highest BCUT2D eigenvalue weighted by Gasteiger charge is 2.33. The predicted molar refractivity (Wildman–Crippen MR) is 68.6 cm³/mol. The van der Waals surface area contributed by atoms with Crippen molar-refractivity contribution in [1.29, 1.82) is 0 Å². The highest BCUT2D eigenvalue weighted by Crippen LogP contribution is 2.45. The van der Waals surface area contributed by atoms with Gasteiger partial charge in [-0.25, -0.2) is 0 Å².